The fourth-order valence-electron chi connectivity index (χ4n) is 7.01. The number of primary amides is 1. The van der Waals surface area contributed by atoms with Gasteiger partial charge in [-0.2, -0.15) is 0 Å². The van der Waals surface area contributed by atoms with E-state index in [-0.39, 0.29) is 11.3 Å². The second-order valence-electron chi connectivity index (χ2n) is 11.2. The minimum absolute atomic E-state index is 0.236. The maximum absolute atomic E-state index is 12.3. The molecule has 2 bridgehead atoms. The normalized spacial score (nSPS) is 29.0. The number of piperidine rings is 3. The number of nitrogens with two attached hydrogens (primary N) is 1. The van der Waals surface area contributed by atoms with Crippen molar-refractivity contribution in [2.24, 2.45) is 23.0 Å². The zero-order chi connectivity index (χ0) is 24.1. The molecule has 2 aromatic rings. The quantitative estimate of drug-likeness (QED) is 0.601. The lowest BCUT2D eigenvalue weighted by Gasteiger charge is -2.55. The molecule has 0 radical (unpaired) electrons. The third-order valence-electron chi connectivity index (χ3n) is 8.55. The Morgan fingerprint density at radius 3 is 2.44 bits per heavy atom. The molecule has 5 nitrogen and oxygen atoms in total. The van der Waals surface area contributed by atoms with E-state index in [1.54, 1.807) is 0 Å². The largest absolute Gasteiger partial charge is 0.493 e. The van der Waals surface area contributed by atoms with Gasteiger partial charge in [-0.15, -0.1) is 0 Å². The van der Waals surface area contributed by atoms with Crippen molar-refractivity contribution in [2.45, 2.75) is 59.0 Å². The number of amides is 1. The Morgan fingerprint density at radius 1 is 1.12 bits per heavy atom. The van der Waals surface area contributed by atoms with Crippen LogP contribution in [-0.2, 0) is 16.8 Å². The second kappa shape index (κ2) is 8.60. The van der Waals surface area contributed by atoms with Gasteiger partial charge in [-0.3, -0.25) is 0 Å². The Labute approximate surface area is 203 Å². The van der Waals surface area contributed by atoms with Crippen LogP contribution >= 0.6 is 0 Å². The number of rotatable bonds is 6. The first-order valence-corrected chi connectivity index (χ1v) is 12.8. The van der Waals surface area contributed by atoms with E-state index < -0.39 is 11.7 Å². The highest BCUT2D eigenvalue weighted by molar-refractivity contribution is 5.70. The fraction of sp³-hybridized carbons (Fsp3) is 0.552. The monoisotopic (exact) mass is 462 g/mol. The molecule has 5 heteroatoms. The van der Waals surface area contributed by atoms with Crippen LogP contribution in [0.15, 0.2) is 36.4 Å². The first kappa shape index (κ1) is 23.2. The SMILES string of the molecule is CCCOc1ccc(-c2ccc3c(c2)CC(C)(C)[C@]3(OC(N)=O)[C@@H]2CN3CCC2CC3)cc1C. The van der Waals surface area contributed by atoms with Gasteiger partial charge in [-0.05, 0) is 91.6 Å². The number of hydrogen-bond acceptors (Lipinski definition) is 4. The summed E-state index contributed by atoms with van der Waals surface area (Å²) in [4.78, 5) is 14.8. The van der Waals surface area contributed by atoms with Crippen molar-refractivity contribution < 1.29 is 14.3 Å². The molecule has 0 spiro atoms. The predicted molar refractivity (Wildman–Crippen MR) is 135 cm³/mol. The molecule has 182 valence electrons. The molecule has 4 aliphatic rings. The molecule has 34 heavy (non-hydrogen) atoms. The molecule has 2 N–H and O–H groups in total. The van der Waals surface area contributed by atoms with Crippen LogP contribution in [-0.4, -0.2) is 37.2 Å². The lowest BCUT2D eigenvalue weighted by atomic mass is 9.60. The van der Waals surface area contributed by atoms with Crippen molar-refractivity contribution in [2.75, 3.05) is 26.2 Å². The summed E-state index contributed by atoms with van der Waals surface area (Å²) in [6.45, 7) is 12.7. The highest BCUT2D eigenvalue weighted by Gasteiger charge is 2.62. The van der Waals surface area contributed by atoms with Gasteiger partial charge >= 0.3 is 6.09 Å². The van der Waals surface area contributed by atoms with Crippen molar-refractivity contribution >= 4 is 6.09 Å². The molecular formula is C29H38N2O3. The summed E-state index contributed by atoms with van der Waals surface area (Å²) in [5.41, 5.74) is 10.7. The van der Waals surface area contributed by atoms with Gasteiger partial charge in [0.15, 0.2) is 0 Å². The number of fused-ring (bicyclic) bond motifs is 4. The zero-order valence-electron chi connectivity index (χ0n) is 21.0. The van der Waals surface area contributed by atoms with E-state index in [0.717, 1.165) is 56.0 Å². The molecule has 2 aromatic carbocycles. The lowest BCUT2D eigenvalue weighted by Crippen LogP contribution is -2.60. The van der Waals surface area contributed by atoms with E-state index in [4.69, 9.17) is 15.2 Å². The van der Waals surface area contributed by atoms with Crippen molar-refractivity contribution in [3.8, 4) is 16.9 Å². The average Bonchev–Trinajstić information content (AvgIpc) is 3.04. The summed E-state index contributed by atoms with van der Waals surface area (Å²) in [6.07, 6.45) is 3.53. The minimum Gasteiger partial charge on any atom is -0.493 e. The van der Waals surface area contributed by atoms with Crippen molar-refractivity contribution in [3.05, 3.63) is 53.1 Å². The van der Waals surface area contributed by atoms with Crippen molar-refractivity contribution in [1.29, 1.82) is 0 Å². The second-order valence-corrected chi connectivity index (χ2v) is 11.2. The molecule has 0 unspecified atom stereocenters. The number of hydrogen-bond donors (Lipinski definition) is 1. The molecule has 3 aliphatic heterocycles. The number of ether oxygens (including phenoxy) is 2. The Morgan fingerprint density at radius 2 is 1.82 bits per heavy atom. The third kappa shape index (κ3) is 3.69. The fourth-order valence-corrected chi connectivity index (χ4v) is 7.01. The Balaban J connectivity index is 1.55. The number of benzene rings is 2. The first-order chi connectivity index (χ1) is 16.2. The van der Waals surface area contributed by atoms with Gasteiger partial charge in [0.1, 0.15) is 11.4 Å². The van der Waals surface area contributed by atoms with Crippen LogP contribution in [0.4, 0.5) is 4.79 Å². The van der Waals surface area contributed by atoms with E-state index in [9.17, 15) is 4.79 Å². The smallest absolute Gasteiger partial charge is 0.405 e. The van der Waals surface area contributed by atoms with Crippen LogP contribution in [0, 0.1) is 24.2 Å². The van der Waals surface area contributed by atoms with Crippen LogP contribution in [0.1, 0.15) is 56.7 Å². The molecular weight excluding hydrogens is 424 g/mol. The highest BCUT2D eigenvalue weighted by Crippen LogP contribution is 2.60. The maximum atomic E-state index is 12.3. The van der Waals surface area contributed by atoms with Crippen molar-refractivity contribution in [3.63, 3.8) is 0 Å². The summed E-state index contributed by atoms with van der Waals surface area (Å²) in [5.74, 6) is 1.78. The summed E-state index contributed by atoms with van der Waals surface area (Å²) in [7, 11) is 0. The molecule has 3 saturated heterocycles. The van der Waals surface area contributed by atoms with Crippen LogP contribution in [0.5, 0.6) is 5.75 Å². The molecule has 2 atom stereocenters. The van der Waals surface area contributed by atoms with E-state index >= 15 is 0 Å². The summed E-state index contributed by atoms with van der Waals surface area (Å²) in [6, 6.07) is 13.1. The number of carbonyl (C=O) groups is 1. The van der Waals surface area contributed by atoms with Gasteiger partial charge in [0.2, 0.25) is 0 Å². The zero-order valence-corrected chi connectivity index (χ0v) is 21.0. The van der Waals surface area contributed by atoms with Gasteiger partial charge in [-0.25, -0.2) is 4.79 Å². The molecule has 3 heterocycles. The standard InChI is InChI=1S/C29H38N2O3/c1-5-14-33-26-9-7-21(15-19(26)2)22-6-8-24-23(16-22)17-28(3,4)29(24,34-27(30)32)25-18-31-12-10-20(25)11-13-31/h6-9,15-16,20,25H,5,10-14,17-18H2,1-4H3,(H2,30,32)/t25-,29-/m1/s1. The summed E-state index contributed by atoms with van der Waals surface area (Å²) < 4.78 is 12.1. The Bertz CT molecular complexity index is 1090. The molecule has 3 fully saturated rings. The molecule has 1 amide bonds. The molecule has 0 aromatic heterocycles. The van der Waals surface area contributed by atoms with E-state index in [1.165, 1.54) is 29.5 Å². The van der Waals surface area contributed by atoms with Gasteiger partial charge in [-0.1, -0.05) is 45.0 Å². The van der Waals surface area contributed by atoms with Gasteiger partial charge in [0.05, 0.1) is 6.61 Å². The van der Waals surface area contributed by atoms with E-state index in [1.807, 2.05) is 0 Å². The lowest BCUT2D eigenvalue weighted by molar-refractivity contribution is -0.157. The van der Waals surface area contributed by atoms with Gasteiger partial charge in [0.25, 0.3) is 0 Å². The molecule has 0 saturated carbocycles. The minimum atomic E-state index is -0.690. The van der Waals surface area contributed by atoms with E-state index in [0.29, 0.717) is 5.92 Å². The third-order valence-corrected chi connectivity index (χ3v) is 8.55. The van der Waals surface area contributed by atoms with E-state index in [2.05, 4.69) is 69.0 Å². The number of nitrogens with zero attached hydrogens (tertiary/aromatic N) is 1. The van der Waals surface area contributed by atoms with Crippen LogP contribution in [0.2, 0.25) is 0 Å². The van der Waals surface area contributed by atoms with Gasteiger partial charge < -0.3 is 20.1 Å². The molecule has 6 rings (SSSR count). The molecule has 1 aliphatic carbocycles. The number of carbonyl (C=O) groups excluding carboxylic acids is 1. The van der Waals surface area contributed by atoms with Crippen molar-refractivity contribution in [1.82, 2.24) is 4.90 Å². The Kier molecular flexibility index (Phi) is 5.87. The number of aryl methyl sites for hydroxylation is 1. The summed E-state index contributed by atoms with van der Waals surface area (Å²) >= 11 is 0. The summed E-state index contributed by atoms with van der Waals surface area (Å²) in [5, 5.41) is 0. The van der Waals surface area contributed by atoms with Crippen LogP contribution in [0.3, 0.4) is 0 Å². The van der Waals surface area contributed by atoms with Gasteiger partial charge in [0, 0.05) is 17.9 Å². The van der Waals surface area contributed by atoms with Crippen LogP contribution < -0.4 is 10.5 Å². The average molecular weight is 463 g/mol. The topological polar surface area (TPSA) is 64.8 Å². The first-order valence-electron chi connectivity index (χ1n) is 12.8. The maximum Gasteiger partial charge on any atom is 0.405 e. The highest BCUT2D eigenvalue weighted by atomic mass is 16.6. The predicted octanol–water partition coefficient (Wildman–Crippen LogP) is 5.67. The Hall–Kier alpha value is -2.53. The van der Waals surface area contributed by atoms with Crippen LogP contribution in [0.25, 0.3) is 11.1 Å².